The summed E-state index contributed by atoms with van der Waals surface area (Å²) in [5.74, 6) is -0.566. The zero-order valence-electron chi connectivity index (χ0n) is 14.2. The molecule has 0 aromatic heterocycles. The fraction of sp³-hybridized carbons (Fsp3) is 0.438. The molecule has 0 radical (unpaired) electrons. The molecule has 2 rings (SSSR count). The summed E-state index contributed by atoms with van der Waals surface area (Å²) in [4.78, 5) is 36.4. The molecule has 1 heterocycles. The fourth-order valence-corrected chi connectivity index (χ4v) is 2.24. The standard InChI is InChI=1S/C16H22N4O4/c1-16(2,3)24-15(23)18-9-5-6-10(17)11(7-9)19-12-8-13(21)20(4)14(12)22/h5-7,12,19H,8,17H2,1-4H3,(H,18,23). The summed E-state index contributed by atoms with van der Waals surface area (Å²) in [5, 5.41) is 5.55. The van der Waals surface area contributed by atoms with Crippen molar-refractivity contribution in [2.75, 3.05) is 23.4 Å². The Hall–Kier alpha value is -2.77. The molecule has 1 aliphatic rings. The van der Waals surface area contributed by atoms with E-state index >= 15 is 0 Å². The van der Waals surface area contributed by atoms with Crippen LogP contribution in [0.3, 0.4) is 0 Å². The molecule has 1 aromatic rings. The van der Waals surface area contributed by atoms with Crippen LogP contribution in [0.5, 0.6) is 0 Å². The second kappa shape index (κ2) is 6.38. The van der Waals surface area contributed by atoms with Gasteiger partial charge in [-0.2, -0.15) is 0 Å². The third kappa shape index (κ3) is 4.15. The molecule has 24 heavy (non-hydrogen) atoms. The fourth-order valence-electron chi connectivity index (χ4n) is 2.24. The van der Waals surface area contributed by atoms with Crippen LogP contribution in [-0.4, -0.2) is 41.5 Å². The second-order valence-electron chi connectivity index (χ2n) is 6.62. The largest absolute Gasteiger partial charge is 0.444 e. The van der Waals surface area contributed by atoms with Gasteiger partial charge in [0.05, 0.1) is 17.8 Å². The molecule has 1 atom stereocenters. The van der Waals surface area contributed by atoms with E-state index in [-0.39, 0.29) is 18.2 Å². The topological polar surface area (TPSA) is 114 Å². The van der Waals surface area contributed by atoms with Crippen LogP contribution in [-0.2, 0) is 14.3 Å². The molecular formula is C16H22N4O4. The number of amides is 3. The minimum atomic E-state index is -0.665. The van der Waals surface area contributed by atoms with Gasteiger partial charge in [-0.05, 0) is 39.0 Å². The Morgan fingerprint density at radius 1 is 1.33 bits per heavy atom. The van der Waals surface area contributed by atoms with Crippen molar-refractivity contribution >= 4 is 35.0 Å². The first kappa shape index (κ1) is 17.6. The van der Waals surface area contributed by atoms with Crippen molar-refractivity contribution in [1.29, 1.82) is 0 Å². The molecule has 0 bridgehead atoms. The second-order valence-corrected chi connectivity index (χ2v) is 6.62. The first-order valence-electron chi connectivity index (χ1n) is 7.53. The number of ether oxygens (including phenoxy) is 1. The highest BCUT2D eigenvalue weighted by molar-refractivity contribution is 6.06. The molecule has 4 N–H and O–H groups in total. The Balaban J connectivity index is 2.10. The molecular weight excluding hydrogens is 312 g/mol. The minimum Gasteiger partial charge on any atom is -0.444 e. The van der Waals surface area contributed by atoms with Crippen LogP contribution < -0.4 is 16.4 Å². The molecule has 0 aliphatic carbocycles. The lowest BCUT2D eigenvalue weighted by atomic mass is 10.2. The Morgan fingerprint density at radius 3 is 2.54 bits per heavy atom. The van der Waals surface area contributed by atoms with Gasteiger partial charge in [0.1, 0.15) is 11.6 Å². The summed E-state index contributed by atoms with van der Waals surface area (Å²) in [5.41, 5.74) is 6.62. The lowest BCUT2D eigenvalue weighted by molar-refractivity contribution is -0.136. The van der Waals surface area contributed by atoms with E-state index in [9.17, 15) is 14.4 Å². The van der Waals surface area contributed by atoms with E-state index < -0.39 is 17.7 Å². The van der Waals surface area contributed by atoms with Crippen LogP contribution >= 0.6 is 0 Å². The number of anilines is 3. The van der Waals surface area contributed by atoms with E-state index in [0.717, 1.165) is 4.90 Å². The Morgan fingerprint density at radius 2 is 2.00 bits per heavy atom. The number of carbonyl (C=O) groups is 3. The SMILES string of the molecule is CN1C(=O)CC(Nc2cc(NC(=O)OC(C)(C)C)ccc2N)C1=O. The van der Waals surface area contributed by atoms with Gasteiger partial charge in [-0.15, -0.1) is 0 Å². The third-order valence-corrected chi connectivity index (χ3v) is 3.41. The summed E-state index contributed by atoms with van der Waals surface area (Å²) in [6, 6.07) is 4.15. The molecule has 1 unspecified atom stereocenters. The van der Waals surface area contributed by atoms with Crippen LogP contribution in [0.15, 0.2) is 18.2 Å². The number of nitrogen functional groups attached to an aromatic ring is 1. The Labute approximate surface area is 140 Å². The molecule has 1 fully saturated rings. The van der Waals surface area contributed by atoms with E-state index in [1.54, 1.807) is 39.0 Å². The Kier molecular flexibility index (Phi) is 4.68. The van der Waals surface area contributed by atoms with Crippen molar-refractivity contribution in [2.24, 2.45) is 0 Å². The number of nitrogens with one attached hydrogen (secondary N) is 2. The number of carbonyl (C=O) groups excluding carboxylic acids is 3. The molecule has 8 heteroatoms. The zero-order valence-corrected chi connectivity index (χ0v) is 14.2. The van der Waals surface area contributed by atoms with Crippen molar-refractivity contribution in [3.05, 3.63) is 18.2 Å². The van der Waals surface area contributed by atoms with Crippen LogP contribution in [0.4, 0.5) is 21.9 Å². The number of imide groups is 1. The van der Waals surface area contributed by atoms with Gasteiger partial charge in [-0.3, -0.25) is 19.8 Å². The average molecular weight is 334 g/mol. The lowest BCUT2D eigenvalue weighted by Gasteiger charge is -2.20. The van der Waals surface area contributed by atoms with Crippen LogP contribution in [0, 0.1) is 0 Å². The van der Waals surface area contributed by atoms with Gasteiger partial charge in [0, 0.05) is 12.7 Å². The maximum atomic E-state index is 12.0. The van der Waals surface area contributed by atoms with Gasteiger partial charge in [-0.1, -0.05) is 0 Å². The molecule has 1 aliphatic heterocycles. The van der Waals surface area contributed by atoms with Gasteiger partial charge >= 0.3 is 6.09 Å². The van der Waals surface area contributed by atoms with Crippen molar-refractivity contribution in [3.8, 4) is 0 Å². The number of benzene rings is 1. The number of hydrogen-bond donors (Lipinski definition) is 3. The average Bonchev–Trinajstić information content (AvgIpc) is 2.68. The van der Waals surface area contributed by atoms with Gasteiger partial charge < -0.3 is 15.8 Å². The summed E-state index contributed by atoms with van der Waals surface area (Å²) < 4.78 is 5.18. The van der Waals surface area contributed by atoms with E-state index in [1.165, 1.54) is 7.05 Å². The highest BCUT2D eigenvalue weighted by Crippen LogP contribution is 2.26. The first-order valence-corrected chi connectivity index (χ1v) is 7.53. The number of nitrogens with zero attached hydrogens (tertiary/aromatic N) is 1. The lowest BCUT2D eigenvalue weighted by Crippen LogP contribution is -2.32. The van der Waals surface area contributed by atoms with Crippen molar-refractivity contribution in [1.82, 2.24) is 4.90 Å². The summed E-state index contributed by atoms with van der Waals surface area (Å²) in [6.45, 7) is 5.30. The number of nitrogens with two attached hydrogens (primary N) is 1. The summed E-state index contributed by atoms with van der Waals surface area (Å²) >= 11 is 0. The van der Waals surface area contributed by atoms with E-state index in [0.29, 0.717) is 17.1 Å². The zero-order chi connectivity index (χ0) is 18.1. The first-order chi connectivity index (χ1) is 11.1. The van der Waals surface area contributed by atoms with E-state index in [4.69, 9.17) is 10.5 Å². The van der Waals surface area contributed by atoms with Gasteiger partial charge in [-0.25, -0.2) is 4.79 Å². The summed E-state index contributed by atoms with van der Waals surface area (Å²) in [7, 11) is 1.44. The molecule has 0 spiro atoms. The normalized spacial score (nSPS) is 17.8. The Bertz CT molecular complexity index is 681. The molecule has 0 saturated carbocycles. The highest BCUT2D eigenvalue weighted by atomic mass is 16.6. The third-order valence-electron chi connectivity index (χ3n) is 3.41. The van der Waals surface area contributed by atoms with Crippen molar-refractivity contribution in [3.63, 3.8) is 0 Å². The summed E-state index contributed by atoms with van der Waals surface area (Å²) in [6.07, 6.45) is -0.525. The van der Waals surface area contributed by atoms with Crippen LogP contribution in [0.1, 0.15) is 27.2 Å². The maximum Gasteiger partial charge on any atom is 0.412 e. The van der Waals surface area contributed by atoms with Crippen molar-refractivity contribution < 1.29 is 19.1 Å². The van der Waals surface area contributed by atoms with Gasteiger partial charge in [0.2, 0.25) is 5.91 Å². The van der Waals surface area contributed by atoms with Crippen LogP contribution in [0.2, 0.25) is 0 Å². The number of likely N-dealkylation sites (N-methyl/N-ethyl adjacent to an activating group) is 1. The minimum absolute atomic E-state index is 0.0680. The smallest absolute Gasteiger partial charge is 0.412 e. The number of rotatable bonds is 3. The van der Waals surface area contributed by atoms with Crippen molar-refractivity contribution in [2.45, 2.75) is 38.8 Å². The van der Waals surface area contributed by atoms with Gasteiger partial charge in [0.25, 0.3) is 5.91 Å². The monoisotopic (exact) mass is 334 g/mol. The molecule has 3 amide bonds. The number of hydrogen-bond acceptors (Lipinski definition) is 6. The maximum absolute atomic E-state index is 12.0. The molecule has 1 aromatic carbocycles. The molecule has 130 valence electrons. The van der Waals surface area contributed by atoms with E-state index in [1.807, 2.05) is 0 Å². The van der Waals surface area contributed by atoms with Crippen LogP contribution in [0.25, 0.3) is 0 Å². The molecule has 1 saturated heterocycles. The highest BCUT2D eigenvalue weighted by Gasteiger charge is 2.36. The number of likely N-dealkylation sites (tertiary alicyclic amines) is 1. The van der Waals surface area contributed by atoms with Gasteiger partial charge in [0.15, 0.2) is 0 Å². The predicted octanol–water partition coefficient (Wildman–Crippen LogP) is 1.78. The van der Waals surface area contributed by atoms with E-state index in [2.05, 4.69) is 10.6 Å². The quantitative estimate of drug-likeness (QED) is 0.573. The predicted molar refractivity (Wildman–Crippen MR) is 90.5 cm³/mol. The molecule has 8 nitrogen and oxygen atoms in total.